The summed E-state index contributed by atoms with van der Waals surface area (Å²) in [6, 6.07) is 9.69. The molecule has 0 saturated heterocycles. The average Bonchev–Trinajstić information content (AvgIpc) is 3.31. The van der Waals surface area contributed by atoms with Crippen LogP contribution in [0.2, 0.25) is 0 Å². The Hall–Kier alpha value is -4.07. The van der Waals surface area contributed by atoms with Gasteiger partial charge < -0.3 is 15.3 Å². The first-order valence-corrected chi connectivity index (χ1v) is 9.54. The van der Waals surface area contributed by atoms with E-state index in [2.05, 4.69) is 15.0 Å². The van der Waals surface area contributed by atoms with Crippen LogP contribution in [-0.4, -0.2) is 25.3 Å². The number of nitrogens with zero attached hydrogens (tertiary/aromatic N) is 3. The highest BCUT2D eigenvalue weighted by molar-refractivity contribution is 6.16. The van der Waals surface area contributed by atoms with Gasteiger partial charge in [-0.2, -0.15) is 0 Å². The lowest BCUT2D eigenvalue weighted by molar-refractivity contribution is 0.103. The molecule has 8 heteroatoms. The normalized spacial score (nSPS) is 11.5. The first kappa shape index (κ1) is 18.9. The Morgan fingerprint density at radius 2 is 1.94 bits per heavy atom. The van der Waals surface area contributed by atoms with E-state index in [0.29, 0.717) is 11.0 Å². The molecule has 0 fully saturated rings. The highest BCUT2D eigenvalue weighted by atomic mass is 19.1. The molecule has 5 aromatic rings. The van der Waals surface area contributed by atoms with Gasteiger partial charge in [-0.25, -0.2) is 18.7 Å². The third-order valence-electron chi connectivity index (χ3n) is 5.56. The average molecular weight is 417 g/mol. The number of ketones is 1. The number of anilines is 1. The van der Waals surface area contributed by atoms with Crippen molar-refractivity contribution in [2.45, 2.75) is 6.92 Å². The number of carbonyl (C=O) groups excluding carboxylic acids is 1. The van der Waals surface area contributed by atoms with Gasteiger partial charge in [-0.3, -0.25) is 4.79 Å². The maximum absolute atomic E-state index is 14.4. The summed E-state index contributed by atoms with van der Waals surface area (Å²) in [4.78, 5) is 24.8. The number of aromatic amines is 1. The highest BCUT2D eigenvalue weighted by Crippen LogP contribution is 2.30. The van der Waals surface area contributed by atoms with Gasteiger partial charge in [0.2, 0.25) is 5.78 Å². The Labute approximate surface area is 175 Å². The van der Waals surface area contributed by atoms with Crippen molar-refractivity contribution >= 4 is 33.5 Å². The lowest BCUT2D eigenvalue weighted by Crippen LogP contribution is -2.09. The van der Waals surface area contributed by atoms with Crippen molar-refractivity contribution in [3.8, 4) is 11.1 Å². The van der Waals surface area contributed by atoms with E-state index in [0.717, 1.165) is 40.1 Å². The van der Waals surface area contributed by atoms with Gasteiger partial charge in [0.15, 0.2) is 5.82 Å². The summed E-state index contributed by atoms with van der Waals surface area (Å²) in [6.07, 6.45) is 3.07. The first-order valence-electron chi connectivity index (χ1n) is 9.54. The summed E-state index contributed by atoms with van der Waals surface area (Å²) in [7, 11) is 1.95. The van der Waals surface area contributed by atoms with Crippen LogP contribution in [0.5, 0.6) is 0 Å². The van der Waals surface area contributed by atoms with Gasteiger partial charge in [0.1, 0.15) is 17.3 Å². The molecule has 3 heterocycles. The number of hydrogen-bond acceptors (Lipinski definition) is 4. The second-order valence-electron chi connectivity index (χ2n) is 7.40. The van der Waals surface area contributed by atoms with E-state index in [1.807, 2.05) is 36.7 Å². The molecule has 0 aliphatic rings. The maximum atomic E-state index is 14.4. The van der Waals surface area contributed by atoms with Crippen LogP contribution < -0.4 is 5.73 Å². The van der Waals surface area contributed by atoms with E-state index in [4.69, 9.17) is 5.73 Å². The zero-order valence-corrected chi connectivity index (χ0v) is 16.7. The number of imidazole rings is 1. The first-order chi connectivity index (χ1) is 14.8. The molecule has 0 radical (unpaired) electrons. The zero-order chi connectivity index (χ0) is 21.9. The van der Waals surface area contributed by atoms with E-state index < -0.39 is 23.0 Å². The number of hydrogen-bond donors (Lipinski definition) is 2. The van der Waals surface area contributed by atoms with Gasteiger partial charge in [0.25, 0.3) is 0 Å². The van der Waals surface area contributed by atoms with Crippen molar-refractivity contribution in [3.05, 3.63) is 77.4 Å². The van der Waals surface area contributed by atoms with Crippen molar-refractivity contribution in [2.24, 2.45) is 7.05 Å². The standard InChI is InChI=1S/C23H17F2N5O/c1-11-29-18-8-12(3-6-19(18)30(11)2)13-7-14-15(10-28-23(14)27-9-13)22(31)20-16(24)4-5-17(26)21(20)25/h3-10H,26H2,1-2H3,(H,27,28). The van der Waals surface area contributed by atoms with E-state index in [1.165, 1.54) is 6.20 Å². The van der Waals surface area contributed by atoms with E-state index in [1.54, 1.807) is 12.3 Å². The Morgan fingerprint density at radius 3 is 2.74 bits per heavy atom. The second-order valence-corrected chi connectivity index (χ2v) is 7.40. The molecule has 5 rings (SSSR count). The van der Waals surface area contributed by atoms with Crippen molar-refractivity contribution in [1.82, 2.24) is 19.5 Å². The molecule has 3 N–H and O–H groups in total. The fourth-order valence-corrected chi connectivity index (χ4v) is 3.76. The molecule has 0 atom stereocenters. The summed E-state index contributed by atoms with van der Waals surface area (Å²) in [5, 5.41) is 0.459. The number of aryl methyl sites for hydroxylation is 2. The van der Waals surface area contributed by atoms with Gasteiger partial charge in [-0.15, -0.1) is 0 Å². The third-order valence-corrected chi connectivity index (χ3v) is 5.56. The third kappa shape index (κ3) is 2.87. The van der Waals surface area contributed by atoms with Crippen molar-refractivity contribution < 1.29 is 13.6 Å². The second kappa shape index (κ2) is 6.73. The number of nitrogens with two attached hydrogens (primary N) is 1. The topological polar surface area (TPSA) is 89.6 Å². The van der Waals surface area contributed by atoms with Crippen LogP contribution in [0.1, 0.15) is 21.7 Å². The number of rotatable bonds is 3. The molecule has 0 aliphatic heterocycles. The minimum absolute atomic E-state index is 0.113. The molecule has 0 saturated carbocycles. The van der Waals surface area contributed by atoms with E-state index in [9.17, 15) is 13.6 Å². The molecule has 0 aliphatic carbocycles. The highest BCUT2D eigenvalue weighted by Gasteiger charge is 2.24. The molecule has 31 heavy (non-hydrogen) atoms. The van der Waals surface area contributed by atoms with Crippen LogP contribution in [0.15, 0.2) is 48.8 Å². The molecule has 154 valence electrons. The molecular formula is C23H17F2N5O. The van der Waals surface area contributed by atoms with Gasteiger partial charge >= 0.3 is 0 Å². The number of nitrogens with one attached hydrogen (secondary N) is 1. The predicted octanol–water partition coefficient (Wildman–Crippen LogP) is 4.52. The Balaban J connectivity index is 1.64. The molecule has 2 aromatic carbocycles. The number of halogens is 2. The number of pyridine rings is 1. The van der Waals surface area contributed by atoms with Gasteiger partial charge in [-0.05, 0) is 42.8 Å². The number of aromatic nitrogens is 4. The number of nitrogen functional groups attached to an aromatic ring is 1. The Bertz CT molecular complexity index is 1520. The smallest absolute Gasteiger partial charge is 0.201 e. The lowest BCUT2D eigenvalue weighted by atomic mass is 9.99. The quantitative estimate of drug-likeness (QED) is 0.334. The van der Waals surface area contributed by atoms with Gasteiger partial charge in [-0.1, -0.05) is 6.07 Å². The summed E-state index contributed by atoms with van der Waals surface area (Å²) < 4.78 is 30.7. The van der Waals surface area contributed by atoms with Gasteiger partial charge in [0.05, 0.1) is 22.3 Å². The molecular weight excluding hydrogens is 400 g/mol. The largest absolute Gasteiger partial charge is 0.396 e. The predicted molar refractivity (Wildman–Crippen MR) is 115 cm³/mol. The SMILES string of the molecule is Cc1nc2cc(-c3cnc4[nH]cc(C(=O)c5c(F)ccc(N)c5F)c4c3)ccc2n1C. The summed E-state index contributed by atoms with van der Waals surface area (Å²) in [6.45, 7) is 1.93. The zero-order valence-electron chi connectivity index (χ0n) is 16.7. The molecule has 0 unspecified atom stereocenters. The fraction of sp³-hybridized carbons (Fsp3) is 0.0870. The molecule has 0 spiro atoms. The minimum Gasteiger partial charge on any atom is -0.396 e. The minimum atomic E-state index is -1.07. The molecule has 6 nitrogen and oxygen atoms in total. The van der Waals surface area contributed by atoms with Crippen molar-refractivity contribution in [2.75, 3.05) is 5.73 Å². The lowest BCUT2D eigenvalue weighted by Gasteiger charge is -2.07. The molecule has 3 aromatic heterocycles. The van der Waals surface area contributed by atoms with Crippen LogP contribution in [-0.2, 0) is 7.05 Å². The van der Waals surface area contributed by atoms with Crippen LogP contribution in [0.3, 0.4) is 0 Å². The molecule has 0 amide bonds. The van der Waals surface area contributed by atoms with Crippen molar-refractivity contribution in [1.29, 1.82) is 0 Å². The van der Waals surface area contributed by atoms with Crippen LogP contribution in [0.25, 0.3) is 33.2 Å². The fourth-order valence-electron chi connectivity index (χ4n) is 3.76. The summed E-state index contributed by atoms with van der Waals surface area (Å²) >= 11 is 0. The number of fused-ring (bicyclic) bond motifs is 2. The van der Waals surface area contributed by atoms with Crippen LogP contribution in [0, 0.1) is 18.6 Å². The van der Waals surface area contributed by atoms with Crippen LogP contribution in [0.4, 0.5) is 14.5 Å². The number of benzene rings is 2. The summed E-state index contributed by atoms with van der Waals surface area (Å²) in [5.74, 6) is -1.95. The monoisotopic (exact) mass is 417 g/mol. The van der Waals surface area contributed by atoms with Gasteiger partial charge in [0, 0.05) is 36.0 Å². The van der Waals surface area contributed by atoms with Crippen LogP contribution >= 0.6 is 0 Å². The van der Waals surface area contributed by atoms with E-state index in [-0.39, 0.29) is 11.3 Å². The Morgan fingerprint density at radius 1 is 1.13 bits per heavy atom. The summed E-state index contributed by atoms with van der Waals surface area (Å²) in [5.41, 5.74) is 8.56. The van der Waals surface area contributed by atoms with Crippen molar-refractivity contribution in [3.63, 3.8) is 0 Å². The number of carbonyl (C=O) groups is 1. The number of H-pyrrole nitrogens is 1. The maximum Gasteiger partial charge on any atom is 0.201 e. The molecule has 0 bridgehead atoms. The Kier molecular flexibility index (Phi) is 4.11. The van der Waals surface area contributed by atoms with E-state index >= 15 is 0 Å².